The number of hydrogen-bond donors (Lipinski definition) is 1. The van der Waals surface area contributed by atoms with Crippen molar-refractivity contribution in [1.29, 1.82) is 0 Å². The van der Waals surface area contributed by atoms with Crippen molar-refractivity contribution < 1.29 is 14.7 Å². The quantitative estimate of drug-likeness (QED) is 0.927. The van der Waals surface area contributed by atoms with Crippen molar-refractivity contribution in [2.75, 3.05) is 13.1 Å². The van der Waals surface area contributed by atoms with Crippen LogP contribution in [0.1, 0.15) is 41.6 Å². The van der Waals surface area contributed by atoms with Crippen molar-refractivity contribution in [1.82, 2.24) is 4.90 Å². The molecule has 0 aliphatic carbocycles. The number of likely N-dealkylation sites (tertiary alicyclic amines) is 1. The van der Waals surface area contributed by atoms with Gasteiger partial charge in [0.25, 0.3) is 5.91 Å². The number of carbonyl (C=O) groups is 2. The molecule has 0 bridgehead atoms. The van der Waals surface area contributed by atoms with Gasteiger partial charge in [-0.15, -0.1) is 0 Å². The maximum Gasteiger partial charge on any atom is 0.303 e. The van der Waals surface area contributed by atoms with Gasteiger partial charge in [0.15, 0.2) is 0 Å². The molecule has 1 unspecified atom stereocenters. The van der Waals surface area contributed by atoms with E-state index < -0.39 is 5.97 Å². The average Bonchev–Trinajstić information content (AvgIpc) is 2.47. The van der Waals surface area contributed by atoms with E-state index in [2.05, 4.69) is 0 Å². The zero-order valence-electron chi connectivity index (χ0n) is 12.1. The van der Waals surface area contributed by atoms with E-state index in [1.165, 1.54) is 0 Å². The Kier molecular flexibility index (Phi) is 5.23. The van der Waals surface area contributed by atoms with Gasteiger partial charge in [-0.3, -0.25) is 9.59 Å². The molecule has 0 aromatic heterocycles. The number of amides is 1. The molecule has 1 amide bonds. The lowest BCUT2D eigenvalue weighted by Gasteiger charge is -2.33. The molecular formula is C16H20ClNO3. The van der Waals surface area contributed by atoms with Crippen molar-refractivity contribution >= 4 is 23.5 Å². The summed E-state index contributed by atoms with van der Waals surface area (Å²) in [5.41, 5.74) is 1.43. The maximum atomic E-state index is 12.6. The number of rotatable bonds is 4. The molecule has 1 aromatic carbocycles. The first-order valence-corrected chi connectivity index (χ1v) is 7.63. The fourth-order valence-corrected chi connectivity index (χ4v) is 3.00. The van der Waals surface area contributed by atoms with Crippen LogP contribution in [0.3, 0.4) is 0 Å². The van der Waals surface area contributed by atoms with Crippen LogP contribution in [0.25, 0.3) is 0 Å². The van der Waals surface area contributed by atoms with E-state index in [0.717, 1.165) is 18.4 Å². The van der Waals surface area contributed by atoms with Crippen molar-refractivity contribution in [2.24, 2.45) is 5.92 Å². The minimum atomic E-state index is -0.778. The zero-order valence-corrected chi connectivity index (χ0v) is 12.9. The van der Waals surface area contributed by atoms with Crippen molar-refractivity contribution in [2.45, 2.75) is 32.6 Å². The number of piperidine rings is 1. The summed E-state index contributed by atoms with van der Waals surface area (Å²) >= 11 is 6.22. The van der Waals surface area contributed by atoms with Crippen molar-refractivity contribution in [3.8, 4) is 0 Å². The average molecular weight is 310 g/mol. The summed E-state index contributed by atoms with van der Waals surface area (Å²) < 4.78 is 0. The summed E-state index contributed by atoms with van der Waals surface area (Å²) in [6, 6.07) is 5.46. The molecule has 1 saturated heterocycles. The van der Waals surface area contributed by atoms with Gasteiger partial charge in [0.05, 0.1) is 10.6 Å². The number of carboxylic acid groups (broad SMARTS) is 1. The van der Waals surface area contributed by atoms with Gasteiger partial charge in [0.1, 0.15) is 0 Å². The maximum absolute atomic E-state index is 12.6. The molecule has 1 heterocycles. The molecule has 114 valence electrons. The number of carbonyl (C=O) groups excluding carboxylic acids is 1. The van der Waals surface area contributed by atoms with Crippen LogP contribution in [-0.2, 0) is 4.79 Å². The third-order valence-corrected chi connectivity index (χ3v) is 4.50. The molecule has 4 nitrogen and oxygen atoms in total. The lowest BCUT2D eigenvalue weighted by atomic mass is 9.93. The lowest BCUT2D eigenvalue weighted by Crippen LogP contribution is -2.40. The summed E-state index contributed by atoms with van der Waals surface area (Å²) in [5.74, 6) is -0.564. The fraction of sp³-hybridized carbons (Fsp3) is 0.500. The Hall–Kier alpha value is -1.55. The molecule has 21 heavy (non-hydrogen) atoms. The van der Waals surface area contributed by atoms with Gasteiger partial charge in [-0.25, -0.2) is 0 Å². The zero-order chi connectivity index (χ0) is 15.4. The molecule has 1 fully saturated rings. The first-order valence-electron chi connectivity index (χ1n) is 7.25. The fourth-order valence-electron chi connectivity index (χ4n) is 2.80. The van der Waals surface area contributed by atoms with E-state index in [9.17, 15) is 9.59 Å². The van der Waals surface area contributed by atoms with Crippen LogP contribution in [0.2, 0.25) is 5.02 Å². The first kappa shape index (κ1) is 15.8. The van der Waals surface area contributed by atoms with E-state index in [1.807, 2.05) is 19.1 Å². The van der Waals surface area contributed by atoms with E-state index in [0.29, 0.717) is 30.1 Å². The molecule has 0 spiro atoms. The normalized spacial score (nSPS) is 18.6. The van der Waals surface area contributed by atoms with Crippen LogP contribution in [0.15, 0.2) is 18.2 Å². The highest BCUT2D eigenvalue weighted by molar-refractivity contribution is 6.34. The molecule has 0 saturated carbocycles. The van der Waals surface area contributed by atoms with Gasteiger partial charge < -0.3 is 10.0 Å². The number of aryl methyl sites for hydroxylation is 1. The Morgan fingerprint density at radius 3 is 2.90 bits per heavy atom. The highest BCUT2D eigenvalue weighted by Gasteiger charge is 2.26. The van der Waals surface area contributed by atoms with Crippen LogP contribution in [0.4, 0.5) is 0 Å². The van der Waals surface area contributed by atoms with Gasteiger partial charge in [0.2, 0.25) is 0 Å². The molecule has 1 atom stereocenters. The summed E-state index contributed by atoms with van der Waals surface area (Å²) in [4.78, 5) is 25.0. The first-order chi connectivity index (χ1) is 9.99. The molecule has 1 aliphatic rings. The van der Waals surface area contributed by atoms with Crippen molar-refractivity contribution in [3.63, 3.8) is 0 Å². The summed E-state index contributed by atoms with van der Waals surface area (Å²) in [6.07, 6.45) is 2.69. The minimum absolute atomic E-state index is 0.0521. The predicted molar refractivity (Wildman–Crippen MR) is 81.7 cm³/mol. The molecule has 0 radical (unpaired) electrons. The standard InChI is InChI=1S/C16H20ClNO3/c1-11-4-2-6-13(15(11)17)16(21)18-9-3-5-12(10-18)7-8-14(19)20/h2,4,6,12H,3,5,7-10H2,1H3,(H,19,20). The Morgan fingerprint density at radius 1 is 1.43 bits per heavy atom. The smallest absolute Gasteiger partial charge is 0.303 e. The third kappa shape index (κ3) is 3.97. The van der Waals surface area contributed by atoms with Crippen LogP contribution in [0.5, 0.6) is 0 Å². The molecule has 1 aliphatic heterocycles. The predicted octanol–water partition coefficient (Wildman–Crippen LogP) is 3.37. The number of benzene rings is 1. The van der Waals surface area contributed by atoms with Gasteiger partial charge >= 0.3 is 5.97 Å². The third-order valence-electron chi connectivity index (χ3n) is 3.99. The second-order valence-electron chi connectivity index (χ2n) is 5.63. The lowest BCUT2D eigenvalue weighted by molar-refractivity contribution is -0.137. The Morgan fingerprint density at radius 2 is 2.19 bits per heavy atom. The Labute approximate surface area is 129 Å². The van der Waals surface area contributed by atoms with E-state index in [-0.39, 0.29) is 18.2 Å². The number of nitrogens with zero attached hydrogens (tertiary/aromatic N) is 1. The molecule has 1 aromatic rings. The van der Waals surface area contributed by atoms with E-state index in [4.69, 9.17) is 16.7 Å². The van der Waals surface area contributed by atoms with Crippen LogP contribution in [0, 0.1) is 12.8 Å². The summed E-state index contributed by atoms with van der Waals surface area (Å²) in [5, 5.41) is 9.28. The second-order valence-corrected chi connectivity index (χ2v) is 6.01. The second kappa shape index (κ2) is 6.94. The number of carboxylic acids is 1. The Bertz CT molecular complexity index is 544. The van der Waals surface area contributed by atoms with Crippen molar-refractivity contribution in [3.05, 3.63) is 34.3 Å². The highest BCUT2D eigenvalue weighted by atomic mass is 35.5. The van der Waals surface area contributed by atoms with E-state index >= 15 is 0 Å². The van der Waals surface area contributed by atoms with Crippen LogP contribution < -0.4 is 0 Å². The molecule has 2 rings (SSSR count). The largest absolute Gasteiger partial charge is 0.481 e. The van der Waals surface area contributed by atoms with Crippen LogP contribution in [-0.4, -0.2) is 35.0 Å². The van der Waals surface area contributed by atoms with Gasteiger partial charge in [0, 0.05) is 19.5 Å². The van der Waals surface area contributed by atoms with Gasteiger partial charge in [-0.2, -0.15) is 0 Å². The highest BCUT2D eigenvalue weighted by Crippen LogP contribution is 2.26. The van der Waals surface area contributed by atoms with Crippen LogP contribution >= 0.6 is 11.6 Å². The Balaban J connectivity index is 2.05. The minimum Gasteiger partial charge on any atom is -0.481 e. The molecule has 1 N–H and O–H groups in total. The van der Waals surface area contributed by atoms with Gasteiger partial charge in [-0.05, 0) is 43.7 Å². The monoisotopic (exact) mass is 309 g/mol. The number of halogens is 1. The number of hydrogen-bond acceptors (Lipinski definition) is 2. The van der Waals surface area contributed by atoms with Gasteiger partial charge in [-0.1, -0.05) is 23.7 Å². The molecular weight excluding hydrogens is 290 g/mol. The SMILES string of the molecule is Cc1cccc(C(=O)N2CCCC(CCC(=O)O)C2)c1Cl. The topological polar surface area (TPSA) is 57.6 Å². The van der Waals surface area contributed by atoms with E-state index in [1.54, 1.807) is 11.0 Å². The molecule has 5 heteroatoms. The summed E-state index contributed by atoms with van der Waals surface area (Å²) in [7, 11) is 0. The summed E-state index contributed by atoms with van der Waals surface area (Å²) in [6.45, 7) is 3.22. The number of aliphatic carboxylic acids is 1.